The molecule has 3 saturated heterocycles. The van der Waals surface area contributed by atoms with Crippen LogP contribution in [0.15, 0.2) is 0 Å². The molecule has 4 heteroatoms. The Bertz CT molecular complexity index is 227. The number of fused-ring (bicyclic) bond motifs is 1. The smallest absolute Gasteiger partial charge is 0.190 e. The standard InChI is InChI=1S/C10H16O4/c1-9(2)12-7-6-10(4-3-5-11-10)14-8(7)13-9/h7-8H,3-6H2,1-2H3/t7-,8+,10+/m1/s1. The first-order valence-electron chi connectivity index (χ1n) is 5.26. The van der Waals surface area contributed by atoms with Gasteiger partial charge in [-0.2, -0.15) is 0 Å². The van der Waals surface area contributed by atoms with Crippen LogP contribution in [0.1, 0.15) is 33.1 Å². The molecule has 0 aromatic heterocycles. The Labute approximate surface area is 83.5 Å². The molecule has 0 unspecified atom stereocenters. The van der Waals surface area contributed by atoms with Gasteiger partial charge in [-0.15, -0.1) is 0 Å². The summed E-state index contributed by atoms with van der Waals surface area (Å²) in [4.78, 5) is 0. The highest BCUT2D eigenvalue weighted by Crippen LogP contribution is 2.46. The summed E-state index contributed by atoms with van der Waals surface area (Å²) in [5.41, 5.74) is 0. The predicted octanol–water partition coefficient (Wildman–Crippen LogP) is 1.39. The fraction of sp³-hybridized carbons (Fsp3) is 1.00. The summed E-state index contributed by atoms with van der Waals surface area (Å²) in [6.45, 7) is 4.62. The van der Waals surface area contributed by atoms with Crippen LogP contribution in [0.25, 0.3) is 0 Å². The largest absolute Gasteiger partial charge is 0.350 e. The van der Waals surface area contributed by atoms with Crippen LogP contribution in [0.2, 0.25) is 0 Å². The molecule has 0 aliphatic carbocycles. The molecule has 3 fully saturated rings. The molecule has 0 amide bonds. The van der Waals surface area contributed by atoms with Gasteiger partial charge in [0.25, 0.3) is 0 Å². The van der Waals surface area contributed by atoms with Crippen LogP contribution in [0.4, 0.5) is 0 Å². The van der Waals surface area contributed by atoms with Crippen LogP contribution in [-0.4, -0.2) is 30.6 Å². The normalized spacial score (nSPS) is 50.1. The summed E-state index contributed by atoms with van der Waals surface area (Å²) >= 11 is 0. The average molecular weight is 200 g/mol. The summed E-state index contributed by atoms with van der Waals surface area (Å²) in [6.07, 6.45) is 2.66. The number of rotatable bonds is 0. The van der Waals surface area contributed by atoms with E-state index in [1.807, 2.05) is 13.8 Å². The summed E-state index contributed by atoms with van der Waals surface area (Å²) in [7, 11) is 0. The molecule has 3 aliphatic rings. The first kappa shape index (κ1) is 9.09. The van der Waals surface area contributed by atoms with E-state index in [4.69, 9.17) is 18.9 Å². The molecule has 0 aromatic carbocycles. The lowest BCUT2D eigenvalue weighted by Gasteiger charge is -2.26. The van der Waals surface area contributed by atoms with Crippen molar-refractivity contribution in [1.29, 1.82) is 0 Å². The molecule has 14 heavy (non-hydrogen) atoms. The van der Waals surface area contributed by atoms with Crippen molar-refractivity contribution in [3.05, 3.63) is 0 Å². The summed E-state index contributed by atoms with van der Waals surface area (Å²) < 4.78 is 22.8. The quantitative estimate of drug-likeness (QED) is 0.592. The van der Waals surface area contributed by atoms with E-state index in [-0.39, 0.29) is 12.4 Å². The molecule has 0 aromatic rings. The highest BCUT2D eigenvalue weighted by atomic mass is 16.9. The third-order valence-corrected chi connectivity index (χ3v) is 3.05. The van der Waals surface area contributed by atoms with Gasteiger partial charge in [-0.3, -0.25) is 0 Å². The molecule has 0 saturated carbocycles. The molecule has 0 radical (unpaired) electrons. The third kappa shape index (κ3) is 1.29. The van der Waals surface area contributed by atoms with Crippen molar-refractivity contribution in [2.24, 2.45) is 0 Å². The van der Waals surface area contributed by atoms with Gasteiger partial charge in [-0.05, 0) is 20.3 Å². The van der Waals surface area contributed by atoms with E-state index in [9.17, 15) is 0 Å². The minimum absolute atomic E-state index is 0.0445. The fourth-order valence-corrected chi connectivity index (χ4v) is 2.53. The van der Waals surface area contributed by atoms with E-state index in [0.29, 0.717) is 0 Å². The van der Waals surface area contributed by atoms with Gasteiger partial charge in [0.05, 0.1) is 6.61 Å². The van der Waals surface area contributed by atoms with Crippen LogP contribution in [0.5, 0.6) is 0 Å². The summed E-state index contributed by atoms with van der Waals surface area (Å²) in [5.74, 6) is -0.901. The topological polar surface area (TPSA) is 36.9 Å². The van der Waals surface area contributed by atoms with Gasteiger partial charge in [-0.1, -0.05) is 0 Å². The van der Waals surface area contributed by atoms with Gasteiger partial charge in [0.15, 0.2) is 17.9 Å². The van der Waals surface area contributed by atoms with Gasteiger partial charge >= 0.3 is 0 Å². The Balaban J connectivity index is 1.74. The number of hydrogen-bond donors (Lipinski definition) is 0. The molecule has 3 rings (SSSR count). The lowest BCUT2D eigenvalue weighted by Crippen LogP contribution is -2.32. The molecule has 3 atom stereocenters. The lowest BCUT2D eigenvalue weighted by molar-refractivity contribution is -0.280. The zero-order valence-electron chi connectivity index (χ0n) is 8.62. The number of hydrogen-bond acceptors (Lipinski definition) is 4. The molecular weight excluding hydrogens is 184 g/mol. The zero-order valence-corrected chi connectivity index (χ0v) is 8.62. The van der Waals surface area contributed by atoms with Gasteiger partial charge < -0.3 is 18.9 Å². The summed E-state index contributed by atoms with van der Waals surface area (Å²) in [6, 6.07) is 0. The van der Waals surface area contributed by atoms with Crippen molar-refractivity contribution < 1.29 is 18.9 Å². The monoisotopic (exact) mass is 200 g/mol. The predicted molar refractivity (Wildman–Crippen MR) is 47.4 cm³/mol. The third-order valence-electron chi connectivity index (χ3n) is 3.05. The van der Waals surface area contributed by atoms with Crippen LogP contribution in [0.3, 0.4) is 0 Å². The molecule has 3 aliphatic heterocycles. The van der Waals surface area contributed by atoms with Gasteiger partial charge in [0.2, 0.25) is 0 Å². The van der Waals surface area contributed by atoms with Crippen LogP contribution >= 0.6 is 0 Å². The average Bonchev–Trinajstić information content (AvgIpc) is 2.65. The van der Waals surface area contributed by atoms with Crippen molar-refractivity contribution >= 4 is 0 Å². The van der Waals surface area contributed by atoms with Crippen molar-refractivity contribution in [2.45, 2.75) is 57.1 Å². The van der Waals surface area contributed by atoms with Crippen LogP contribution in [-0.2, 0) is 18.9 Å². The second-order valence-corrected chi connectivity index (χ2v) is 4.73. The van der Waals surface area contributed by atoms with Gasteiger partial charge in [0.1, 0.15) is 6.10 Å². The highest BCUT2D eigenvalue weighted by molar-refractivity contribution is 4.92. The minimum Gasteiger partial charge on any atom is -0.350 e. The van der Waals surface area contributed by atoms with E-state index in [1.165, 1.54) is 0 Å². The first-order chi connectivity index (χ1) is 6.59. The minimum atomic E-state index is -0.504. The van der Waals surface area contributed by atoms with Crippen molar-refractivity contribution in [3.63, 3.8) is 0 Å². The summed E-state index contributed by atoms with van der Waals surface area (Å²) in [5, 5.41) is 0. The molecule has 0 N–H and O–H groups in total. The Morgan fingerprint density at radius 2 is 2.00 bits per heavy atom. The van der Waals surface area contributed by atoms with Crippen molar-refractivity contribution in [2.75, 3.05) is 6.61 Å². The Hall–Kier alpha value is -0.160. The first-order valence-corrected chi connectivity index (χ1v) is 5.26. The highest BCUT2D eigenvalue weighted by Gasteiger charge is 2.56. The molecule has 80 valence electrons. The van der Waals surface area contributed by atoms with Crippen LogP contribution in [0, 0.1) is 0 Å². The Morgan fingerprint density at radius 3 is 2.64 bits per heavy atom. The number of ether oxygens (including phenoxy) is 4. The van der Waals surface area contributed by atoms with Gasteiger partial charge in [-0.25, -0.2) is 0 Å². The lowest BCUT2D eigenvalue weighted by atomic mass is 10.1. The fourth-order valence-electron chi connectivity index (χ4n) is 2.53. The SMILES string of the molecule is CC1(C)O[C@H]2O[C@@]3(CCCO3)C[C@H]2O1. The molecule has 4 nitrogen and oxygen atoms in total. The van der Waals surface area contributed by atoms with E-state index >= 15 is 0 Å². The molecule has 1 spiro atoms. The maximum atomic E-state index is 5.80. The van der Waals surface area contributed by atoms with Crippen LogP contribution < -0.4 is 0 Å². The maximum absolute atomic E-state index is 5.80. The molecular formula is C10H16O4. The maximum Gasteiger partial charge on any atom is 0.190 e. The second kappa shape index (κ2) is 2.70. The second-order valence-electron chi connectivity index (χ2n) is 4.73. The van der Waals surface area contributed by atoms with E-state index < -0.39 is 11.6 Å². The Morgan fingerprint density at radius 1 is 1.14 bits per heavy atom. The molecule has 3 heterocycles. The van der Waals surface area contributed by atoms with Crippen molar-refractivity contribution in [1.82, 2.24) is 0 Å². The molecule has 0 bridgehead atoms. The van der Waals surface area contributed by atoms with E-state index in [0.717, 1.165) is 25.9 Å². The Kier molecular flexibility index (Phi) is 1.75. The zero-order chi connectivity index (χ0) is 9.81. The van der Waals surface area contributed by atoms with Gasteiger partial charge in [0, 0.05) is 12.8 Å². The van der Waals surface area contributed by atoms with E-state index in [2.05, 4.69) is 0 Å². The van der Waals surface area contributed by atoms with E-state index in [1.54, 1.807) is 0 Å². The van der Waals surface area contributed by atoms with Crippen molar-refractivity contribution in [3.8, 4) is 0 Å².